The molecule has 0 bridgehead atoms. The zero-order chi connectivity index (χ0) is 6.74. The monoisotopic (exact) mass is 148 g/mol. The molecule has 1 saturated heterocycles. The van der Waals surface area contributed by atoms with Crippen LogP contribution < -0.4 is 0 Å². The molecule has 54 valence electrons. The molecule has 3 nitrogen and oxygen atoms in total. The van der Waals surface area contributed by atoms with E-state index in [-0.39, 0.29) is 9.76 Å². The fraction of sp³-hybridized carbons (Fsp3) is 1.00. The van der Waals surface area contributed by atoms with Gasteiger partial charge in [-0.2, -0.15) is 0 Å². The third-order valence-corrected chi connectivity index (χ3v) is 2.86. The summed E-state index contributed by atoms with van der Waals surface area (Å²) in [5.74, 6) is -0.660. The lowest BCUT2D eigenvalue weighted by Crippen LogP contribution is -2.32. The topological polar surface area (TPSA) is 27.7 Å². The fourth-order valence-electron chi connectivity index (χ4n) is 0.994. The van der Waals surface area contributed by atoms with E-state index in [0.717, 1.165) is 12.5 Å². The summed E-state index contributed by atoms with van der Waals surface area (Å²) in [7, 11) is 2.90. The third-order valence-electron chi connectivity index (χ3n) is 1.57. The second-order valence-electron chi connectivity index (χ2n) is 2.04. The van der Waals surface area contributed by atoms with Crippen molar-refractivity contribution in [1.82, 2.24) is 0 Å². The van der Waals surface area contributed by atoms with Crippen molar-refractivity contribution in [3.8, 4) is 0 Å². The van der Waals surface area contributed by atoms with Gasteiger partial charge in [0.2, 0.25) is 0 Å². The lowest BCUT2D eigenvalue weighted by atomic mass is 10.4. The number of hydrogen-bond donors (Lipinski definition) is 0. The third kappa shape index (κ3) is 1.32. The average Bonchev–Trinajstić information content (AvgIpc) is 2.36. The maximum Gasteiger partial charge on any atom is 0.272 e. The Bertz CT molecular complexity index is 84.2. The maximum atomic E-state index is 5.33. The van der Waals surface area contributed by atoms with Crippen LogP contribution in [0.2, 0.25) is 6.04 Å². The van der Waals surface area contributed by atoms with Gasteiger partial charge in [0.05, 0.1) is 0 Å². The van der Waals surface area contributed by atoms with Gasteiger partial charge in [0.25, 0.3) is 5.97 Å². The first-order valence-electron chi connectivity index (χ1n) is 3.07. The smallest absolute Gasteiger partial charge is 0.272 e. The van der Waals surface area contributed by atoms with Crippen LogP contribution in [0.1, 0.15) is 6.42 Å². The molecule has 1 aliphatic heterocycles. The van der Waals surface area contributed by atoms with Crippen LogP contribution in [0.5, 0.6) is 0 Å². The zero-order valence-corrected chi connectivity index (χ0v) is 7.26. The molecule has 1 rings (SSSR count). The van der Waals surface area contributed by atoms with Crippen molar-refractivity contribution >= 4 is 9.76 Å². The number of hydrogen-bond acceptors (Lipinski definition) is 3. The van der Waals surface area contributed by atoms with Crippen LogP contribution in [0, 0.1) is 0 Å². The maximum absolute atomic E-state index is 5.33. The lowest BCUT2D eigenvalue weighted by molar-refractivity contribution is -0.314. The molecule has 4 heteroatoms. The predicted octanol–water partition coefficient (Wildman–Crippen LogP) is -0.145. The fourth-order valence-corrected chi connectivity index (χ4v) is 2.41. The van der Waals surface area contributed by atoms with Crippen molar-refractivity contribution in [1.29, 1.82) is 0 Å². The molecule has 0 atom stereocenters. The highest BCUT2D eigenvalue weighted by Crippen LogP contribution is 2.25. The molecule has 0 saturated carbocycles. The van der Waals surface area contributed by atoms with Gasteiger partial charge >= 0.3 is 0 Å². The van der Waals surface area contributed by atoms with Crippen LogP contribution >= 0.6 is 0 Å². The van der Waals surface area contributed by atoms with Gasteiger partial charge in [-0.25, -0.2) is 0 Å². The average molecular weight is 148 g/mol. The molecular weight excluding hydrogens is 136 g/mol. The van der Waals surface area contributed by atoms with Gasteiger partial charge in [-0.05, 0) is 6.04 Å². The van der Waals surface area contributed by atoms with Crippen LogP contribution in [-0.2, 0) is 13.9 Å². The van der Waals surface area contributed by atoms with E-state index in [4.69, 9.17) is 13.9 Å². The quantitative estimate of drug-likeness (QED) is 0.403. The van der Waals surface area contributed by atoms with E-state index in [0.29, 0.717) is 0 Å². The van der Waals surface area contributed by atoms with Gasteiger partial charge in [0, 0.05) is 20.6 Å². The van der Waals surface area contributed by atoms with Gasteiger partial charge in [-0.3, -0.25) is 0 Å². The van der Waals surface area contributed by atoms with E-state index in [9.17, 15) is 0 Å². The van der Waals surface area contributed by atoms with Crippen molar-refractivity contribution in [3.63, 3.8) is 0 Å². The number of methoxy groups -OCH3 is 2. The number of rotatable bonds is 2. The molecule has 9 heavy (non-hydrogen) atoms. The first-order chi connectivity index (χ1) is 4.33. The minimum Gasteiger partial charge on any atom is -0.376 e. The minimum absolute atomic E-state index is 0.333. The summed E-state index contributed by atoms with van der Waals surface area (Å²) in [5.41, 5.74) is 0. The van der Waals surface area contributed by atoms with Crippen LogP contribution in [0.25, 0.3) is 0 Å². The zero-order valence-electron chi connectivity index (χ0n) is 5.85. The SMILES string of the molecule is COC1(OC)CC[SiH2]O1. The summed E-state index contributed by atoms with van der Waals surface area (Å²) in [6.45, 7) is 0. The second kappa shape index (κ2) is 2.79. The Morgan fingerprint density at radius 1 is 1.44 bits per heavy atom. The number of ether oxygens (including phenoxy) is 2. The highest BCUT2D eigenvalue weighted by atomic mass is 28.2. The molecular formula is C5H12O3Si. The molecule has 0 aromatic rings. The normalized spacial score (nSPS) is 27.3. The van der Waals surface area contributed by atoms with Crippen LogP contribution in [0.3, 0.4) is 0 Å². The molecule has 1 aliphatic rings. The molecule has 0 aromatic carbocycles. The van der Waals surface area contributed by atoms with Crippen molar-refractivity contribution in [2.45, 2.75) is 18.4 Å². The standard InChI is InChI=1S/C5H12O3Si/c1-6-5(7-2)3-4-9-8-5/h3-4,9H2,1-2H3. The predicted molar refractivity (Wildman–Crippen MR) is 35.8 cm³/mol. The summed E-state index contributed by atoms with van der Waals surface area (Å²) in [5, 5.41) is 0. The second-order valence-corrected chi connectivity index (χ2v) is 3.45. The van der Waals surface area contributed by atoms with Crippen molar-refractivity contribution in [3.05, 3.63) is 0 Å². The molecule has 1 heterocycles. The molecule has 0 N–H and O–H groups in total. The summed E-state index contributed by atoms with van der Waals surface area (Å²) in [4.78, 5) is 0. The van der Waals surface area contributed by atoms with Crippen LogP contribution in [-0.4, -0.2) is 30.0 Å². The minimum atomic E-state index is -0.660. The first kappa shape index (κ1) is 7.21. The van der Waals surface area contributed by atoms with Crippen LogP contribution in [0.4, 0.5) is 0 Å². The summed E-state index contributed by atoms with van der Waals surface area (Å²) < 4.78 is 15.4. The lowest BCUT2D eigenvalue weighted by Gasteiger charge is -2.24. The van der Waals surface area contributed by atoms with Crippen molar-refractivity contribution in [2.75, 3.05) is 14.2 Å². The molecule has 0 unspecified atom stereocenters. The van der Waals surface area contributed by atoms with E-state index in [1.165, 1.54) is 0 Å². The highest BCUT2D eigenvalue weighted by Gasteiger charge is 2.34. The molecule has 0 amide bonds. The first-order valence-corrected chi connectivity index (χ1v) is 4.65. The Kier molecular flexibility index (Phi) is 2.23. The molecule has 0 aliphatic carbocycles. The van der Waals surface area contributed by atoms with Gasteiger partial charge < -0.3 is 13.9 Å². The highest BCUT2D eigenvalue weighted by molar-refractivity contribution is 6.28. The Morgan fingerprint density at radius 3 is 2.33 bits per heavy atom. The van der Waals surface area contributed by atoms with E-state index in [1.807, 2.05) is 0 Å². The summed E-state index contributed by atoms with van der Waals surface area (Å²) >= 11 is 0. The molecule has 1 fully saturated rings. The van der Waals surface area contributed by atoms with Gasteiger partial charge in [-0.15, -0.1) is 0 Å². The van der Waals surface area contributed by atoms with Gasteiger partial charge in [0.1, 0.15) is 0 Å². The molecule has 0 radical (unpaired) electrons. The summed E-state index contributed by atoms with van der Waals surface area (Å²) in [6.07, 6.45) is 0.895. The van der Waals surface area contributed by atoms with Gasteiger partial charge in [0.15, 0.2) is 9.76 Å². The summed E-state index contributed by atoms with van der Waals surface area (Å²) in [6, 6.07) is 1.15. The van der Waals surface area contributed by atoms with Gasteiger partial charge in [-0.1, -0.05) is 0 Å². The van der Waals surface area contributed by atoms with Crippen molar-refractivity contribution in [2.24, 2.45) is 0 Å². The van der Waals surface area contributed by atoms with E-state index in [1.54, 1.807) is 14.2 Å². The largest absolute Gasteiger partial charge is 0.376 e. The molecule has 0 aromatic heterocycles. The van der Waals surface area contributed by atoms with E-state index in [2.05, 4.69) is 0 Å². The Morgan fingerprint density at radius 2 is 2.11 bits per heavy atom. The Hall–Kier alpha value is 0.0969. The Labute approximate surface area is 57.2 Å². The van der Waals surface area contributed by atoms with E-state index < -0.39 is 5.97 Å². The Balaban J connectivity index is 2.45. The van der Waals surface area contributed by atoms with Crippen molar-refractivity contribution < 1.29 is 13.9 Å². The molecule has 0 spiro atoms. The van der Waals surface area contributed by atoms with E-state index >= 15 is 0 Å². The van der Waals surface area contributed by atoms with Crippen LogP contribution in [0.15, 0.2) is 0 Å².